The fourth-order valence-corrected chi connectivity index (χ4v) is 1.91. The molecule has 0 N–H and O–H groups in total. The zero-order chi connectivity index (χ0) is 12.5. The lowest BCUT2D eigenvalue weighted by molar-refractivity contribution is 0.222. The smallest absolute Gasteiger partial charge is 0.131 e. The summed E-state index contributed by atoms with van der Waals surface area (Å²) in [6.45, 7) is 5.15. The van der Waals surface area contributed by atoms with Crippen molar-refractivity contribution < 1.29 is 4.39 Å². The second-order valence-corrected chi connectivity index (χ2v) is 4.74. The third kappa shape index (κ3) is 2.52. The Kier molecular flexibility index (Phi) is 2.97. The summed E-state index contributed by atoms with van der Waals surface area (Å²) in [4.78, 5) is 4.30. The van der Waals surface area contributed by atoms with Gasteiger partial charge >= 0.3 is 0 Å². The summed E-state index contributed by atoms with van der Waals surface area (Å²) in [6.07, 6.45) is 1.73. The first kappa shape index (κ1) is 11.8. The van der Waals surface area contributed by atoms with E-state index < -0.39 is 5.67 Å². The Labute approximate surface area is 101 Å². The van der Waals surface area contributed by atoms with Gasteiger partial charge in [-0.05, 0) is 44.5 Å². The van der Waals surface area contributed by atoms with E-state index in [-0.39, 0.29) is 0 Å². The number of pyridine rings is 1. The molecule has 0 unspecified atom stereocenters. The van der Waals surface area contributed by atoms with E-state index in [1.165, 1.54) is 0 Å². The molecule has 1 heterocycles. The highest BCUT2D eigenvalue weighted by atomic mass is 19.1. The summed E-state index contributed by atoms with van der Waals surface area (Å²) < 4.78 is 14.2. The topological polar surface area (TPSA) is 12.9 Å². The van der Waals surface area contributed by atoms with Crippen molar-refractivity contribution in [3.63, 3.8) is 0 Å². The minimum absolute atomic E-state index is 0.682. The lowest BCUT2D eigenvalue weighted by atomic mass is 9.91. The van der Waals surface area contributed by atoms with Gasteiger partial charge in [0.15, 0.2) is 0 Å². The summed E-state index contributed by atoms with van der Waals surface area (Å²) >= 11 is 0. The molecule has 1 aromatic carbocycles. The standard InChI is InChI=1S/C15H16FN/c1-11-7-8-13(15(2,3)16)12(10-11)14-6-4-5-9-17-14/h4-10H,1-3H3. The van der Waals surface area contributed by atoms with Gasteiger partial charge in [-0.25, -0.2) is 4.39 Å². The molecular formula is C15H16FN. The number of nitrogens with zero attached hydrogens (tertiary/aromatic N) is 1. The maximum atomic E-state index is 14.2. The Morgan fingerprint density at radius 2 is 1.88 bits per heavy atom. The van der Waals surface area contributed by atoms with Gasteiger partial charge in [0, 0.05) is 11.8 Å². The molecule has 2 heteroatoms. The fourth-order valence-electron chi connectivity index (χ4n) is 1.91. The molecule has 0 saturated heterocycles. The van der Waals surface area contributed by atoms with Gasteiger partial charge in [-0.3, -0.25) is 4.98 Å². The van der Waals surface area contributed by atoms with Crippen LogP contribution < -0.4 is 0 Å². The van der Waals surface area contributed by atoms with Crippen LogP contribution in [-0.4, -0.2) is 4.98 Å². The number of rotatable bonds is 2. The summed E-state index contributed by atoms with van der Waals surface area (Å²) in [6, 6.07) is 11.4. The van der Waals surface area contributed by atoms with Crippen molar-refractivity contribution in [2.24, 2.45) is 0 Å². The SMILES string of the molecule is Cc1ccc(C(C)(C)F)c(-c2ccccn2)c1. The first-order valence-corrected chi connectivity index (χ1v) is 5.70. The van der Waals surface area contributed by atoms with E-state index >= 15 is 0 Å². The van der Waals surface area contributed by atoms with Crippen molar-refractivity contribution in [3.8, 4) is 11.3 Å². The van der Waals surface area contributed by atoms with E-state index in [2.05, 4.69) is 4.98 Å². The lowest BCUT2D eigenvalue weighted by Crippen LogP contribution is -2.11. The molecule has 0 aliphatic rings. The highest BCUT2D eigenvalue weighted by Crippen LogP contribution is 2.33. The van der Waals surface area contributed by atoms with E-state index in [1.807, 2.05) is 43.3 Å². The quantitative estimate of drug-likeness (QED) is 0.749. The van der Waals surface area contributed by atoms with Crippen LogP contribution >= 0.6 is 0 Å². The second kappa shape index (κ2) is 4.28. The van der Waals surface area contributed by atoms with Crippen LogP contribution in [-0.2, 0) is 5.67 Å². The average Bonchev–Trinajstić information content (AvgIpc) is 2.28. The lowest BCUT2D eigenvalue weighted by Gasteiger charge is -2.19. The maximum absolute atomic E-state index is 14.2. The molecule has 0 spiro atoms. The third-order valence-corrected chi connectivity index (χ3v) is 2.76. The largest absolute Gasteiger partial charge is 0.256 e. The van der Waals surface area contributed by atoms with Crippen LogP contribution in [0.5, 0.6) is 0 Å². The Bertz CT molecular complexity index is 512. The minimum atomic E-state index is -1.36. The Hall–Kier alpha value is -1.70. The summed E-state index contributed by atoms with van der Waals surface area (Å²) in [5.74, 6) is 0. The van der Waals surface area contributed by atoms with Gasteiger partial charge in [0.05, 0.1) is 5.69 Å². The Morgan fingerprint density at radius 1 is 1.12 bits per heavy atom. The molecule has 0 fully saturated rings. The fraction of sp³-hybridized carbons (Fsp3) is 0.267. The Morgan fingerprint density at radius 3 is 2.47 bits per heavy atom. The van der Waals surface area contributed by atoms with Gasteiger partial charge in [0.1, 0.15) is 5.67 Å². The van der Waals surface area contributed by atoms with E-state index in [9.17, 15) is 4.39 Å². The zero-order valence-corrected chi connectivity index (χ0v) is 10.4. The number of hydrogen-bond donors (Lipinski definition) is 0. The van der Waals surface area contributed by atoms with Crippen LogP contribution in [0.25, 0.3) is 11.3 Å². The zero-order valence-electron chi connectivity index (χ0n) is 10.4. The maximum Gasteiger partial charge on any atom is 0.131 e. The molecule has 0 radical (unpaired) electrons. The molecule has 1 aromatic heterocycles. The first-order chi connectivity index (χ1) is 7.98. The van der Waals surface area contributed by atoms with E-state index in [1.54, 1.807) is 20.0 Å². The molecule has 0 aliphatic heterocycles. The van der Waals surface area contributed by atoms with E-state index in [0.29, 0.717) is 5.56 Å². The van der Waals surface area contributed by atoms with Gasteiger partial charge in [0.2, 0.25) is 0 Å². The predicted molar refractivity (Wildman–Crippen MR) is 68.5 cm³/mol. The predicted octanol–water partition coefficient (Wildman–Crippen LogP) is 4.26. The number of aromatic nitrogens is 1. The molecule has 0 aliphatic carbocycles. The van der Waals surface area contributed by atoms with Crippen LogP contribution in [0.1, 0.15) is 25.0 Å². The highest BCUT2D eigenvalue weighted by Gasteiger charge is 2.23. The Balaban J connectivity index is 2.64. The molecule has 0 amide bonds. The monoisotopic (exact) mass is 229 g/mol. The number of aryl methyl sites for hydroxylation is 1. The molecule has 0 saturated carbocycles. The summed E-state index contributed by atoms with van der Waals surface area (Å²) in [7, 11) is 0. The van der Waals surface area contributed by atoms with Gasteiger partial charge in [0.25, 0.3) is 0 Å². The molecule has 2 rings (SSSR count). The van der Waals surface area contributed by atoms with Gasteiger partial charge in [-0.1, -0.05) is 23.8 Å². The molecule has 2 aromatic rings. The molecular weight excluding hydrogens is 213 g/mol. The average molecular weight is 229 g/mol. The highest BCUT2D eigenvalue weighted by molar-refractivity contribution is 5.65. The molecule has 0 atom stereocenters. The van der Waals surface area contributed by atoms with Crippen molar-refractivity contribution in [3.05, 3.63) is 53.7 Å². The van der Waals surface area contributed by atoms with Crippen LogP contribution in [0.2, 0.25) is 0 Å². The van der Waals surface area contributed by atoms with Crippen molar-refractivity contribution >= 4 is 0 Å². The van der Waals surface area contributed by atoms with Gasteiger partial charge in [-0.2, -0.15) is 0 Å². The van der Waals surface area contributed by atoms with Crippen LogP contribution in [0.15, 0.2) is 42.6 Å². The van der Waals surface area contributed by atoms with Gasteiger partial charge in [-0.15, -0.1) is 0 Å². The molecule has 17 heavy (non-hydrogen) atoms. The number of alkyl halides is 1. The van der Waals surface area contributed by atoms with E-state index in [4.69, 9.17) is 0 Å². The number of halogens is 1. The summed E-state index contributed by atoms with van der Waals surface area (Å²) in [5.41, 5.74) is 2.12. The second-order valence-electron chi connectivity index (χ2n) is 4.74. The van der Waals surface area contributed by atoms with Crippen molar-refractivity contribution in [1.82, 2.24) is 4.98 Å². The van der Waals surface area contributed by atoms with Gasteiger partial charge < -0.3 is 0 Å². The van der Waals surface area contributed by atoms with Crippen molar-refractivity contribution in [1.29, 1.82) is 0 Å². The van der Waals surface area contributed by atoms with Crippen LogP contribution in [0.4, 0.5) is 4.39 Å². The molecule has 0 bridgehead atoms. The normalized spacial score (nSPS) is 11.5. The minimum Gasteiger partial charge on any atom is -0.256 e. The summed E-state index contributed by atoms with van der Waals surface area (Å²) in [5, 5.41) is 0. The van der Waals surface area contributed by atoms with Crippen LogP contribution in [0.3, 0.4) is 0 Å². The number of hydrogen-bond acceptors (Lipinski definition) is 1. The molecule has 88 valence electrons. The third-order valence-electron chi connectivity index (χ3n) is 2.76. The van der Waals surface area contributed by atoms with E-state index in [0.717, 1.165) is 16.8 Å². The number of benzene rings is 1. The first-order valence-electron chi connectivity index (χ1n) is 5.70. The van der Waals surface area contributed by atoms with Crippen molar-refractivity contribution in [2.45, 2.75) is 26.4 Å². The molecule has 1 nitrogen and oxygen atoms in total. The van der Waals surface area contributed by atoms with Crippen LogP contribution in [0, 0.1) is 6.92 Å². The van der Waals surface area contributed by atoms with Crippen molar-refractivity contribution in [2.75, 3.05) is 0 Å².